The van der Waals surface area contributed by atoms with E-state index in [0.29, 0.717) is 24.6 Å². The van der Waals surface area contributed by atoms with Crippen molar-refractivity contribution in [3.8, 4) is 5.75 Å². The predicted molar refractivity (Wildman–Crippen MR) is 118 cm³/mol. The van der Waals surface area contributed by atoms with Gasteiger partial charge in [0.1, 0.15) is 11.6 Å². The van der Waals surface area contributed by atoms with Crippen molar-refractivity contribution in [3.63, 3.8) is 0 Å². The molecule has 2 rings (SSSR count). The number of aromatic nitrogens is 2. The van der Waals surface area contributed by atoms with Gasteiger partial charge in [-0.3, -0.25) is 0 Å². The van der Waals surface area contributed by atoms with E-state index < -0.39 is 6.36 Å². The van der Waals surface area contributed by atoms with Crippen LogP contribution in [0.5, 0.6) is 5.75 Å². The monoisotopic (exact) mass is 525 g/mol. The average Bonchev–Trinajstić information content (AvgIpc) is 3.04. The molecular formula is C19H27F3IN5O. The molecule has 0 atom stereocenters. The first-order valence-corrected chi connectivity index (χ1v) is 9.22. The number of nitrogens with one attached hydrogen (secondary N) is 2. The molecule has 0 saturated carbocycles. The topological polar surface area (TPSA) is 63.5 Å². The summed E-state index contributed by atoms with van der Waals surface area (Å²) < 4.78 is 43.7. The van der Waals surface area contributed by atoms with Crippen molar-refractivity contribution in [1.29, 1.82) is 0 Å². The van der Waals surface area contributed by atoms with Gasteiger partial charge < -0.3 is 19.9 Å². The summed E-state index contributed by atoms with van der Waals surface area (Å²) in [6.45, 7) is 6.23. The number of halogens is 4. The van der Waals surface area contributed by atoms with Crippen LogP contribution in [0.4, 0.5) is 13.2 Å². The summed E-state index contributed by atoms with van der Waals surface area (Å²) in [4.78, 5) is 8.56. The highest BCUT2D eigenvalue weighted by Gasteiger charge is 2.31. The van der Waals surface area contributed by atoms with Gasteiger partial charge in [-0.05, 0) is 32.8 Å². The van der Waals surface area contributed by atoms with E-state index >= 15 is 0 Å². The molecule has 0 fully saturated rings. The van der Waals surface area contributed by atoms with Crippen LogP contribution in [0.25, 0.3) is 0 Å². The zero-order chi connectivity index (χ0) is 20.4. The molecule has 6 nitrogen and oxygen atoms in total. The molecule has 2 aromatic rings. The maximum absolute atomic E-state index is 12.5. The van der Waals surface area contributed by atoms with Crippen molar-refractivity contribution < 1.29 is 17.9 Å². The molecule has 1 aromatic heterocycles. The molecule has 0 spiro atoms. The summed E-state index contributed by atoms with van der Waals surface area (Å²) in [6, 6.07) is 6.02. The van der Waals surface area contributed by atoms with Crippen molar-refractivity contribution in [2.24, 2.45) is 4.99 Å². The third-order valence-electron chi connectivity index (χ3n) is 3.99. The molecule has 0 radical (unpaired) electrons. The van der Waals surface area contributed by atoms with Crippen molar-refractivity contribution in [1.82, 2.24) is 20.2 Å². The Bertz CT molecular complexity index is 764. The number of aliphatic imine (C=N–C) groups is 1. The average molecular weight is 525 g/mol. The summed E-state index contributed by atoms with van der Waals surface area (Å²) >= 11 is 0. The minimum absolute atomic E-state index is 0. The van der Waals surface area contributed by atoms with Gasteiger partial charge in [0.25, 0.3) is 0 Å². The number of guanidine groups is 1. The second-order valence-electron chi connectivity index (χ2n) is 6.15. The second kappa shape index (κ2) is 12.6. The van der Waals surface area contributed by atoms with Crippen LogP contribution < -0.4 is 15.4 Å². The fraction of sp³-hybridized carbons (Fsp3) is 0.474. The summed E-state index contributed by atoms with van der Waals surface area (Å²) in [5.74, 6) is 1.32. The number of hydrogen-bond acceptors (Lipinski definition) is 3. The Labute approximate surface area is 186 Å². The van der Waals surface area contributed by atoms with Crippen LogP contribution in [-0.2, 0) is 13.1 Å². The summed E-state index contributed by atoms with van der Waals surface area (Å²) in [5, 5.41) is 6.30. The lowest BCUT2D eigenvalue weighted by Crippen LogP contribution is -2.37. The zero-order valence-electron chi connectivity index (χ0n) is 16.5. The highest BCUT2D eigenvalue weighted by Crippen LogP contribution is 2.26. The molecule has 0 saturated heterocycles. The van der Waals surface area contributed by atoms with E-state index in [0.717, 1.165) is 25.2 Å². The Balaban J connectivity index is 0.00000420. The molecule has 1 aromatic carbocycles. The van der Waals surface area contributed by atoms with Crippen LogP contribution in [0, 0.1) is 6.92 Å². The van der Waals surface area contributed by atoms with E-state index in [9.17, 15) is 13.2 Å². The minimum atomic E-state index is -4.73. The molecule has 0 unspecified atom stereocenters. The van der Waals surface area contributed by atoms with Gasteiger partial charge in [0.05, 0.1) is 6.54 Å². The van der Waals surface area contributed by atoms with Crippen LogP contribution in [0.2, 0.25) is 0 Å². The van der Waals surface area contributed by atoms with Gasteiger partial charge in [0, 0.05) is 37.6 Å². The number of ether oxygens (including phenoxy) is 1. The molecule has 0 aliphatic rings. The number of aryl methyl sites for hydroxylation is 2. The van der Waals surface area contributed by atoms with Gasteiger partial charge in [0.2, 0.25) is 0 Å². The summed E-state index contributed by atoms with van der Waals surface area (Å²) in [5.41, 5.74) is 0.368. The first kappa shape index (κ1) is 25.1. The van der Waals surface area contributed by atoms with Crippen molar-refractivity contribution >= 4 is 29.9 Å². The number of imidazole rings is 1. The number of rotatable bonds is 9. The smallest absolute Gasteiger partial charge is 0.405 e. The lowest BCUT2D eigenvalue weighted by Gasteiger charge is -2.14. The Morgan fingerprint density at radius 1 is 1.21 bits per heavy atom. The van der Waals surface area contributed by atoms with E-state index in [1.165, 1.54) is 12.1 Å². The summed E-state index contributed by atoms with van der Waals surface area (Å²) in [6.07, 6.45) is 0.913. The van der Waals surface area contributed by atoms with E-state index in [4.69, 9.17) is 0 Å². The van der Waals surface area contributed by atoms with Gasteiger partial charge in [-0.2, -0.15) is 0 Å². The van der Waals surface area contributed by atoms with Crippen molar-refractivity contribution in [3.05, 3.63) is 48.0 Å². The molecule has 0 bridgehead atoms. The van der Waals surface area contributed by atoms with Gasteiger partial charge in [-0.15, -0.1) is 37.1 Å². The maximum atomic E-state index is 12.5. The number of benzene rings is 1. The highest BCUT2D eigenvalue weighted by molar-refractivity contribution is 14.0. The summed E-state index contributed by atoms with van der Waals surface area (Å²) in [7, 11) is 0. The molecule has 0 aliphatic heterocycles. The van der Waals surface area contributed by atoms with Gasteiger partial charge in [-0.25, -0.2) is 9.98 Å². The highest BCUT2D eigenvalue weighted by atomic mass is 127. The largest absolute Gasteiger partial charge is 0.573 e. The quantitative estimate of drug-likeness (QED) is 0.223. The van der Waals surface area contributed by atoms with Gasteiger partial charge in [-0.1, -0.05) is 18.2 Å². The molecule has 2 N–H and O–H groups in total. The standard InChI is InChI=1S/C19H26F3N5O.HI/c1-3-23-18(25-10-6-7-12-27-13-11-24-15(27)2)26-14-16-8-4-5-9-17(16)28-19(20,21)22;/h4-5,8-9,11,13H,3,6-7,10,12,14H2,1-2H3,(H2,23,25,26);1H. The van der Waals surface area contributed by atoms with E-state index in [-0.39, 0.29) is 36.3 Å². The first-order chi connectivity index (χ1) is 13.4. The van der Waals surface area contributed by atoms with E-state index in [2.05, 4.69) is 29.9 Å². The van der Waals surface area contributed by atoms with E-state index in [1.807, 2.05) is 20.0 Å². The van der Waals surface area contributed by atoms with Crippen LogP contribution in [0.1, 0.15) is 31.2 Å². The fourth-order valence-corrected chi connectivity index (χ4v) is 2.62. The molecule has 29 heavy (non-hydrogen) atoms. The van der Waals surface area contributed by atoms with Crippen LogP contribution in [0.3, 0.4) is 0 Å². The van der Waals surface area contributed by atoms with E-state index in [1.54, 1.807) is 18.3 Å². The van der Waals surface area contributed by atoms with Crippen molar-refractivity contribution in [2.75, 3.05) is 13.1 Å². The number of alkyl halides is 3. The van der Waals surface area contributed by atoms with Gasteiger partial charge in [0.15, 0.2) is 5.96 Å². The fourth-order valence-electron chi connectivity index (χ4n) is 2.62. The Kier molecular flexibility index (Phi) is 10.8. The van der Waals surface area contributed by atoms with Crippen LogP contribution >= 0.6 is 24.0 Å². The number of nitrogens with zero attached hydrogens (tertiary/aromatic N) is 3. The molecular weight excluding hydrogens is 498 g/mol. The molecule has 1 heterocycles. The van der Waals surface area contributed by atoms with Gasteiger partial charge >= 0.3 is 6.36 Å². The first-order valence-electron chi connectivity index (χ1n) is 9.22. The third-order valence-corrected chi connectivity index (χ3v) is 3.99. The number of para-hydroxylation sites is 1. The molecule has 0 aliphatic carbocycles. The lowest BCUT2D eigenvalue weighted by atomic mass is 10.2. The normalized spacial score (nSPS) is 11.7. The molecule has 10 heteroatoms. The van der Waals surface area contributed by atoms with Crippen LogP contribution in [0.15, 0.2) is 41.7 Å². The van der Waals surface area contributed by atoms with Crippen LogP contribution in [-0.4, -0.2) is 35.0 Å². The Hall–Kier alpha value is -1.98. The second-order valence-corrected chi connectivity index (χ2v) is 6.15. The lowest BCUT2D eigenvalue weighted by molar-refractivity contribution is -0.274. The maximum Gasteiger partial charge on any atom is 0.573 e. The Morgan fingerprint density at radius 3 is 2.62 bits per heavy atom. The molecule has 162 valence electrons. The SMILES string of the molecule is CCNC(=NCc1ccccc1OC(F)(F)F)NCCCCn1ccnc1C.I. The predicted octanol–water partition coefficient (Wildman–Crippen LogP) is 4.24. The molecule has 0 amide bonds. The zero-order valence-corrected chi connectivity index (χ0v) is 18.8. The third kappa shape index (κ3) is 9.37. The minimum Gasteiger partial charge on any atom is -0.405 e. The Morgan fingerprint density at radius 2 is 1.97 bits per heavy atom. The number of unbranched alkanes of at least 4 members (excludes halogenated alkanes) is 1. The number of hydrogen-bond donors (Lipinski definition) is 2. The van der Waals surface area contributed by atoms with Crippen molar-refractivity contribution in [2.45, 2.75) is 46.1 Å².